The molecule has 0 bridgehead atoms. The molecule has 0 spiro atoms. The predicted octanol–water partition coefficient (Wildman–Crippen LogP) is 21.8. The van der Waals surface area contributed by atoms with Crippen LogP contribution >= 0.6 is 11.3 Å². The van der Waals surface area contributed by atoms with Gasteiger partial charge in [0.1, 0.15) is 0 Å². The average Bonchev–Trinajstić information content (AvgIpc) is 4.15. The van der Waals surface area contributed by atoms with Gasteiger partial charge in [0, 0.05) is 59.5 Å². The van der Waals surface area contributed by atoms with Crippen LogP contribution < -0.4 is 9.80 Å². The smallest absolute Gasteiger partial charge is 0.0542 e. The van der Waals surface area contributed by atoms with Gasteiger partial charge in [-0.2, -0.15) is 0 Å². The summed E-state index contributed by atoms with van der Waals surface area (Å²) in [6, 6.07) is 100. The second kappa shape index (κ2) is 17.2. The maximum absolute atomic E-state index is 2.53. The summed E-state index contributed by atoms with van der Waals surface area (Å²) in [6.07, 6.45) is 0. The SMILES string of the molecule is CC1(C)c2ccccc2-c2ccc(N(c3ccc4c(c3)-c3ccccc3-c3ccccc3N4c3ccccc3)c3ccc4c5ccccc5c5ccccc5c5ccccc5c5cc6c(cc5c4c3)sc3ccccc36)cc21. The number of fused-ring (bicyclic) bond motifs is 21. The van der Waals surface area contributed by atoms with Crippen LogP contribution in [0.4, 0.5) is 34.1 Å². The number of para-hydroxylation sites is 2. The normalized spacial score (nSPS) is 13.1. The number of anilines is 6. The summed E-state index contributed by atoms with van der Waals surface area (Å²) < 4.78 is 2.57. The Morgan fingerprint density at radius 1 is 0.282 bits per heavy atom. The number of hydrogen-bond acceptors (Lipinski definition) is 3. The molecule has 1 aliphatic carbocycles. The minimum absolute atomic E-state index is 0.201. The van der Waals surface area contributed by atoms with E-state index in [1.165, 1.54) is 119 Å². The van der Waals surface area contributed by atoms with Crippen molar-refractivity contribution < 1.29 is 0 Å². The molecule has 78 heavy (non-hydrogen) atoms. The Labute approximate surface area is 457 Å². The van der Waals surface area contributed by atoms with E-state index in [4.69, 9.17) is 0 Å². The molecule has 2 heterocycles. The first-order valence-corrected chi connectivity index (χ1v) is 27.9. The van der Waals surface area contributed by atoms with E-state index < -0.39 is 0 Å². The van der Waals surface area contributed by atoms with Gasteiger partial charge in [0.25, 0.3) is 0 Å². The summed E-state index contributed by atoms with van der Waals surface area (Å²) in [5, 5.41) is 14.7. The average molecular weight is 1010 g/mol. The maximum atomic E-state index is 2.53. The first-order chi connectivity index (χ1) is 38.5. The van der Waals surface area contributed by atoms with E-state index in [1.807, 2.05) is 11.3 Å². The number of hydrogen-bond donors (Lipinski definition) is 0. The first-order valence-electron chi connectivity index (χ1n) is 27.1. The quantitative estimate of drug-likeness (QED) is 0.173. The maximum Gasteiger partial charge on any atom is 0.0542 e. The highest BCUT2D eigenvalue weighted by Gasteiger charge is 2.36. The van der Waals surface area contributed by atoms with Crippen molar-refractivity contribution in [1.82, 2.24) is 0 Å². The minimum Gasteiger partial charge on any atom is -0.310 e. The lowest BCUT2D eigenvalue weighted by Gasteiger charge is -2.31. The molecular formula is C75H50N2S. The van der Waals surface area contributed by atoms with Crippen molar-refractivity contribution in [3.63, 3.8) is 0 Å². The minimum atomic E-state index is -0.201. The van der Waals surface area contributed by atoms with Gasteiger partial charge in [-0.3, -0.25) is 0 Å². The highest BCUT2D eigenvalue weighted by atomic mass is 32.1. The fraction of sp³-hybridized carbons (Fsp3) is 0.0400. The molecule has 0 saturated carbocycles. The molecule has 14 aromatic rings. The first kappa shape index (κ1) is 44.7. The highest BCUT2D eigenvalue weighted by molar-refractivity contribution is 7.25. The Balaban J connectivity index is 1.04. The summed E-state index contributed by atoms with van der Waals surface area (Å²) in [5.41, 5.74) is 16.6. The Morgan fingerprint density at radius 3 is 1.45 bits per heavy atom. The van der Waals surface area contributed by atoms with Crippen LogP contribution in [-0.4, -0.2) is 0 Å². The molecule has 366 valence electrons. The van der Waals surface area contributed by atoms with Gasteiger partial charge < -0.3 is 9.80 Å². The summed E-state index contributed by atoms with van der Waals surface area (Å²) in [6.45, 7) is 4.77. The van der Waals surface area contributed by atoms with Crippen molar-refractivity contribution in [3.8, 4) is 33.4 Å². The second-order valence-corrected chi connectivity index (χ2v) is 22.6. The van der Waals surface area contributed by atoms with Crippen LogP contribution in [0.1, 0.15) is 25.0 Å². The van der Waals surface area contributed by atoms with Gasteiger partial charge in [-0.1, -0.05) is 202 Å². The summed E-state index contributed by atoms with van der Waals surface area (Å²) in [5.74, 6) is 0. The van der Waals surface area contributed by atoms with Crippen molar-refractivity contribution in [2.24, 2.45) is 0 Å². The number of benzene rings is 12. The van der Waals surface area contributed by atoms with E-state index in [0.717, 1.165) is 34.1 Å². The van der Waals surface area contributed by atoms with E-state index in [9.17, 15) is 0 Å². The molecule has 0 radical (unpaired) electrons. The summed E-state index contributed by atoms with van der Waals surface area (Å²) >= 11 is 1.88. The zero-order chi connectivity index (χ0) is 51.6. The Kier molecular flexibility index (Phi) is 9.89. The van der Waals surface area contributed by atoms with E-state index in [-0.39, 0.29) is 5.41 Å². The topological polar surface area (TPSA) is 6.48 Å². The van der Waals surface area contributed by atoms with Gasteiger partial charge >= 0.3 is 0 Å². The molecule has 3 heteroatoms. The Bertz CT molecular complexity index is 4910. The monoisotopic (exact) mass is 1010 g/mol. The molecular weight excluding hydrogens is 961 g/mol. The summed E-state index contributed by atoms with van der Waals surface area (Å²) in [7, 11) is 0. The number of nitrogens with zero attached hydrogens (tertiary/aromatic N) is 2. The van der Waals surface area contributed by atoms with E-state index in [0.29, 0.717) is 0 Å². The fourth-order valence-electron chi connectivity index (χ4n) is 13.4. The second-order valence-electron chi connectivity index (χ2n) is 21.5. The van der Waals surface area contributed by atoms with Crippen molar-refractivity contribution in [1.29, 1.82) is 0 Å². The molecule has 0 unspecified atom stereocenters. The Morgan fingerprint density at radius 2 is 0.744 bits per heavy atom. The lowest BCUT2D eigenvalue weighted by atomic mass is 9.82. The fourth-order valence-corrected chi connectivity index (χ4v) is 14.5. The molecule has 1 aliphatic heterocycles. The van der Waals surface area contributed by atoms with Crippen molar-refractivity contribution >= 4 is 119 Å². The number of rotatable bonds is 4. The molecule has 0 fully saturated rings. The molecule has 0 amide bonds. The zero-order valence-corrected chi connectivity index (χ0v) is 44.0. The summed E-state index contributed by atoms with van der Waals surface area (Å²) in [4.78, 5) is 4.98. The van der Waals surface area contributed by atoms with Gasteiger partial charge in [0.15, 0.2) is 0 Å². The van der Waals surface area contributed by atoms with Gasteiger partial charge in [-0.15, -0.1) is 11.3 Å². The third kappa shape index (κ3) is 6.68. The predicted molar refractivity (Wildman–Crippen MR) is 336 cm³/mol. The Hall–Kier alpha value is -9.54. The van der Waals surface area contributed by atoms with Crippen LogP contribution in [0.2, 0.25) is 0 Å². The van der Waals surface area contributed by atoms with Crippen LogP contribution in [0.25, 0.3) is 107 Å². The third-order valence-corrected chi connectivity index (χ3v) is 18.1. The largest absolute Gasteiger partial charge is 0.310 e. The standard InChI is InChI=1S/C75H50N2S/c1-75(2)69-33-17-14-30-60(69)61-40-37-50(44-70(61)75)76(49-38-41-72-67(43-49)58-29-13-11-27-56(58)62-31-15-18-34-71(62)77(72)47-20-4-3-5-21-47)48-36-39-59-55-26-9-8-24-53(55)51-22-6-7-23-52(51)54-25-10-12-28-57(54)65-45-68-63-32-16-19-35-73(63)78-74(68)46-66(65)64(59)42-48/h3-46H,1-2H3. The van der Waals surface area contributed by atoms with E-state index in [2.05, 4.69) is 291 Å². The molecule has 1 aromatic heterocycles. The molecule has 16 rings (SSSR count). The highest BCUT2D eigenvalue weighted by Crippen LogP contribution is 2.55. The van der Waals surface area contributed by atoms with Crippen molar-refractivity contribution in [2.75, 3.05) is 9.80 Å². The van der Waals surface area contributed by atoms with Crippen molar-refractivity contribution in [2.45, 2.75) is 19.3 Å². The van der Waals surface area contributed by atoms with Crippen LogP contribution in [0.3, 0.4) is 0 Å². The van der Waals surface area contributed by atoms with Crippen LogP contribution in [0, 0.1) is 0 Å². The van der Waals surface area contributed by atoms with Crippen molar-refractivity contribution in [3.05, 3.63) is 278 Å². The zero-order valence-electron chi connectivity index (χ0n) is 43.2. The van der Waals surface area contributed by atoms with Crippen LogP contribution in [0.15, 0.2) is 267 Å². The van der Waals surface area contributed by atoms with E-state index >= 15 is 0 Å². The molecule has 0 saturated heterocycles. The molecule has 0 N–H and O–H groups in total. The van der Waals surface area contributed by atoms with Crippen LogP contribution in [0.5, 0.6) is 0 Å². The lowest BCUT2D eigenvalue weighted by Crippen LogP contribution is -2.17. The third-order valence-electron chi connectivity index (χ3n) is 17.0. The van der Waals surface area contributed by atoms with Gasteiger partial charge in [-0.05, 0) is 166 Å². The molecule has 13 aromatic carbocycles. The van der Waals surface area contributed by atoms with Gasteiger partial charge in [0.05, 0.1) is 11.4 Å². The van der Waals surface area contributed by atoms with Gasteiger partial charge in [-0.25, -0.2) is 0 Å². The van der Waals surface area contributed by atoms with Crippen LogP contribution in [-0.2, 0) is 5.41 Å². The van der Waals surface area contributed by atoms with E-state index in [1.54, 1.807) is 0 Å². The lowest BCUT2D eigenvalue weighted by molar-refractivity contribution is 0.660. The molecule has 0 atom stereocenters. The molecule has 2 nitrogen and oxygen atoms in total. The van der Waals surface area contributed by atoms with Gasteiger partial charge in [0.2, 0.25) is 0 Å². The number of thiophene rings is 1. The molecule has 2 aliphatic rings.